The Morgan fingerprint density at radius 2 is 1.96 bits per heavy atom. The molecule has 0 saturated heterocycles. The Morgan fingerprint density at radius 1 is 1.22 bits per heavy atom. The summed E-state index contributed by atoms with van der Waals surface area (Å²) in [4.78, 5) is 11.7. The summed E-state index contributed by atoms with van der Waals surface area (Å²) in [7, 11) is 1.58. The van der Waals surface area contributed by atoms with Crippen molar-refractivity contribution in [2.24, 2.45) is 5.10 Å². The number of rotatable bonds is 6. The van der Waals surface area contributed by atoms with Crippen molar-refractivity contribution < 1.29 is 19.7 Å². The third-order valence-electron chi connectivity index (χ3n) is 2.98. The fourth-order valence-corrected chi connectivity index (χ4v) is 1.76. The molecule has 0 radical (unpaired) electrons. The topological polar surface area (TPSA) is 103 Å². The van der Waals surface area contributed by atoms with Gasteiger partial charge in [-0.25, -0.2) is 5.43 Å². The number of anilines is 1. The number of phenols is 2. The molecule has 2 aromatic carbocycles. The normalized spacial score (nSPS) is 10.5. The van der Waals surface area contributed by atoms with Crippen LogP contribution < -0.4 is 15.5 Å². The standard InChI is InChI=1S/C16H17N3O4/c1-23-13-7-5-12(6-8-13)17-10-15(21)19-18-9-11-3-2-4-14(20)16(11)22/h2-9,17,20,22H,10H2,1H3,(H,19,21)/b18-9+. The Kier molecular flexibility index (Phi) is 5.40. The molecule has 4 N–H and O–H groups in total. The molecule has 2 aromatic rings. The van der Waals surface area contributed by atoms with E-state index in [-0.39, 0.29) is 24.0 Å². The van der Waals surface area contributed by atoms with Gasteiger partial charge in [-0.05, 0) is 36.4 Å². The molecule has 0 heterocycles. The van der Waals surface area contributed by atoms with Crippen molar-refractivity contribution in [1.29, 1.82) is 0 Å². The Balaban J connectivity index is 1.82. The van der Waals surface area contributed by atoms with Gasteiger partial charge in [0.1, 0.15) is 5.75 Å². The number of nitrogens with zero attached hydrogens (tertiary/aromatic N) is 1. The average molecular weight is 315 g/mol. The maximum Gasteiger partial charge on any atom is 0.259 e. The van der Waals surface area contributed by atoms with E-state index < -0.39 is 0 Å². The summed E-state index contributed by atoms with van der Waals surface area (Å²) in [6.45, 7) is 0.0374. The maximum atomic E-state index is 11.7. The molecule has 0 unspecified atom stereocenters. The minimum Gasteiger partial charge on any atom is -0.504 e. The first-order valence-corrected chi connectivity index (χ1v) is 6.81. The van der Waals surface area contributed by atoms with Crippen LogP contribution >= 0.6 is 0 Å². The zero-order valence-electron chi connectivity index (χ0n) is 12.5. The highest BCUT2D eigenvalue weighted by atomic mass is 16.5. The quantitative estimate of drug-likeness (QED) is 0.369. The van der Waals surface area contributed by atoms with Gasteiger partial charge < -0.3 is 20.3 Å². The number of ether oxygens (including phenoxy) is 1. The summed E-state index contributed by atoms with van der Waals surface area (Å²) >= 11 is 0. The molecule has 1 amide bonds. The zero-order chi connectivity index (χ0) is 16.7. The van der Waals surface area contributed by atoms with Crippen molar-refractivity contribution >= 4 is 17.8 Å². The van der Waals surface area contributed by atoms with E-state index in [1.807, 2.05) is 0 Å². The lowest BCUT2D eigenvalue weighted by molar-refractivity contribution is -0.119. The van der Waals surface area contributed by atoms with Crippen LogP contribution in [-0.2, 0) is 4.79 Å². The number of amides is 1. The van der Waals surface area contributed by atoms with Gasteiger partial charge in [-0.3, -0.25) is 4.79 Å². The molecule has 0 spiro atoms. The van der Waals surface area contributed by atoms with Crippen LogP contribution in [0.4, 0.5) is 5.69 Å². The second kappa shape index (κ2) is 7.69. The number of hydrazone groups is 1. The molecule has 0 bridgehead atoms. The second-order valence-corrected chi connectivity index (χ2v) is 4.59. The molecular weight excluding hydrogens is 298 g/mol. The average Bonchev–Trinajstić information content (AvgIpc) is 2.57. The van der Waals surface area contributed by atoms with Crippen LogP contribution in [0.3, 0.4) is 0 Å². The van der Waals surface area contributed by atoms with E-state index in [1.165, 1.54) is 12.3 Å². The van der Waals surface area contributed by atoms with Gasteiger partial charge in [0.05, 0.1) is 19.9 Å². The van der Waals surface area contributed by atoms with Crippen LogP contribution in [0.1, 0.15) is 5.56 Å². The zero-order valence-corrected chi connectivity index (χ0v) is 12.5. The predicted molar refractivity (Wildman–Crippen MR) is 87.0 cm³/mol. The van der Waals surface area contributed by atoms with Crippen LogP contribution in [0.2, 0.25) is 0 Å². The first kappa shape index (κ1) is 16.2. The third kappa shape index (κ3) is 4.63. The number of hydrogen-bond donors (Lipinski definition) is 4. The molecule has 0 saturated carbocycles. The molecule has 120 valence electrons. The number of nitrogens with one attached hydrogen (secondary N) is 2. The van der Waals surface area contributed by atoms with Gasteiger partial charge in [-0.2, -0.15) is 5.10 Å². The smallest absolute Gasteiger partial charge is 0.259 e. The Bertz CT molecular complexity index is 699. The first-order chi connectivity index (χ1) is 11.1. The van der Waals surface area contributed by atoms with Crippen LogP contribution in [0, 0.1) is 0 Å². The van der Waals surface area contributed by atoms with E-state index >= 15 is 0 Å². The Morgan fingerprint density at radius 3 is 2.65 bits per heavy atom. The van der Waals surface area contributed by atoms with Crippen LogP contribution in [0.15, 0.2) is 47.6 Å². The minimum absolute atomic E-state index is 0.0374. The minimum atomic E-state index is -0.350. The first-order valence-electron chi connectivity index (χ1n) is 6.81. The largest absolute Gasteiger partial charge is 0.504 e. The molecule has 7 heteroatoms. The van der Waals surface area contributed by atoms with Gasteiger partial charge in [-0.15, -0.1) is 0 Å². The molecule has 0 aliphatic heterocycles. The predicted octanol–water partition coefficient (Wildman–Crippen LogP) is 1.67. The molecule has 7 nitrogen and oxygen atoms in total. The molecule has 23 heavy (non-hydrogen) atoms. The highest BCUT2D eigenvalue weighted by molar-refractivity contribution is 5.87. The Labute approximate surface area is 133 Å². The monoisotopic (exact) mass is 315 g/mol. The highest BCUT2D eigenvalue weighted by Crippen LogP contribution is 2.26. The Hall–Kier alpha value is -3.22. The number of carbonyl (C=O) groups is 1. The lowest BCUT2D eigenvalue weighted by Crippen LogP contribution is -2.25. The van der Waals surface area contributed by atoms with Gasteiger partial charge in [0.2, 0.25) is 0 Å². The summed E-state index contributed by atoms with van der Waals surface area (Å²) in [6.07, 6.45) is 1.25. The lowest BCUT2D eigenvalue weighted by Gasteiger charge is -2.06. The summed E-state index contributed by atoms with van der Waals surface area (Å²) in [5, 5.41) is 25.6. The van der Waals surface area contributed by atoms with Crippen molar-refractivity contribution in [2.45, 2.75) is 0 Å². The van der Waals surface area contributed by atoms with Gasteiger partial charge in [0.25, 0.3) is 5.91 Å². The van der Waals surface area contributed by atoms with Gasteiger partial charge in [0.15, 0.2) is 11.5 Å². The van der Waals surface area contributed by atoms with Crippen molar-refractivity contribution in [3.63, 3.8) is 0 Å². The third-order valence-corrected chi connectivity index (χ3v) is 2.98. The molecule has 2 rings (SSSR count). The molecule has 0 fully saturated rings. The van der Waals surface area contributed by atoms with Gasteiger partial charge in [-0.1, -0.05) is 6.07 Å². The second-order valence-electron chi connectivity index (χ2n) is 4.59. The summed E-state index contributed by atoms with van der Waals surface area (Å²) in [5.74, 6) is -0.157. The highest BCUT2D eigenvalue weighted by Gasteiger charge is 2.03. The number of methoxy groups -OCH3 is 1. The van der Waals surface area contributed by atoms with Crippen LogP contribution in [0.5, 0.6) is 17.2 Å². The maximum absolute atomic E-state index is 11.7. The van der Waals surface area contributed by atoms with Crippen LogP contribution in [-0.4, -0.2) is 36.0 Å². The number of para-hydroxylation sites is 1. The fourth-order valence-electron chi connectivity index (χ4n) is 1.76. The van der Waals surface area contributed by atoms with E-state index in [2.05, 4.69) is 15.8 Å². The van der Waals surface area contributed by atoms with Crippen molar-refractivity contribution in [3.8, 4) is 17.2 Å². The lowest BCUT2D eigenvalue weighted by atomic mass is 10.2. The van der Waals surface area contributed by atoms with Gasteiger partial charge >= 0.3 is 0 Å². The van der Waals surface area contributed by atoms with E-state index in [0.29, 0.717) is 5.56 Å². The molecule has 0 aromatic heterocycles. The van der Waals surface area contributed by atoms with Crippen LogP contribution in [0.25, 0.3) is 0 Å². The molecule has 0 aliphatic rings. The number of phenolic OH excluding ortho intramolecular Hbond substituents is 2. The fraction of sp³-hybridized carbons (Fsp3) is 0.125. The summed E-state index contributed by atoms with van der Waals surface area (Å²) < 4.78 is 5.04. The number of carbonyl (C=O) groups excluding carboxylic acids is 1. The number of hydrogen-bond acceptors (Lipinski definition) is 6. The van der Waals surface area contributed by atoms with Crippen molar-refractivity contribution in [3.05, 3.63) is 48.0 Å². The summed E-state index contributed by atoms with van der Waals surface area (Å²) in [6, 6.07) is 11.6. The van der Waals surface area contributed by atoms with Crippen molar-refractivity contribution in [2.75, 3.05) is 19.0 Å². The summed E-state index contributed by atoms with van der Waals surface area (Å²) in [5.41, 5.74) is 3.39. The SMILES string of the molecule is COc1ccc(NCC(=O)N/N=C/c2cccc(O)c2O)cc1. The van der Waals surface area contributed by atoms with E-state index in [9.17, 15) is 15.0 Å². The van der Waals surface area contributed by atoms with E-state index in [4.69, 9.17) is 4.74 Å². The number of aromatic hydroxyl groups is 2. The van der Waals surface area contributed by atoms with Gasteiger partial charge in [0, 0.05) is 11.3 Å². The van der Waals surface area contributed by atoms with E-state index in [0.717, 1.165) is 11.4 Å². The molecular formula is C16H17N3O4. The number of benzene rings is 2. The van der Waals surface area contributed by atoms with Crippen molar-refractivity contribution in [1.82, 2.24) is 5.43 Å². The molecule has 0 aliphatic carbocycles. The van der Waals surface area contributed by atoms with E-state index in [1.54, 1.807) is 43.5 Å². The molecule has 0 atom stereocenters.